The number of nitrogens with one attached hydrogen (secondary N) is 1. The predicted octanol–water partition coefficient (Wildman–Crippen LogP) is 0.685. The zero-order valence-electron chi connectivity index (χ0n) is 9.14. The van der Waals surface area contributed by atoms with Gasteiger partial charge in [-0.2, -0.15) is 0 Å². The van der Waals surface area contributed by atoms with E-state index >= 15 is 0 Å². The van der Waals surface area contributed by atoms with Gasteiger partial charge in [-0.3, -0.25) is 0 Å². The Morgan fingerprint density at radius 2 is 2.31 bits per heavy atom. The third kappa shape index (κ3) is 2.14. The molecule has 0 radical (unpaired) electrons. The zero-order chi connectivity index (χ0) is 11.8. The second-order valence-electron chi connectivity index (χ2n) is 4.43. The van der Waals surface area contributed by atoms with E-state index in [0.29, 0.717) is 5.92 Å². The molecule has 0 aliphatic heterocycles. The lowest BCUT2D eigenvalue weighted by atomic mass is 9.98. The summed E-state index contributed by atoms with van der Waals surface area (Å²) in [6, 6.07) is 2.97. The van der Waals surface area contributed by atoms with Crippen molar-refractivity contribution in [2.75, 3.05) is 6.54 Å². The van der Waals surface area contributed by atoms with E-state index in [1.54, 1.807) is 6.07 Å². The lowest BCUT2D eigenvalue weighted by Crippen LogP contribution is -2.52. The minimum atomic E-state index is -3.59. The van der Waals surface area contributed by atoms with Gasteiger partial charge in [0.2, 0.25) is 5.09 Å². The summed E-state index contributed by atoms with van der Waals surface area (Å²) < 4.78 is 31.4. The average Bonchev–Trinajstić information content (AvgIpc) is 2.93. The van der Waals surface area contributed by atoms with Gasteiger partial charge in [0.05, 0.1) is 6.26 Å². The second-order valence-corrected chi connectivity index (χ2v) is 6.05. The fraction of sp³-hybridized carbons (Fsp3) is 0.600. The maximum absolute atomic E-state index is 11.9. The molecule has 1 aromatic rings. The molecule has 2 rings (SSSR count). The van der Waals surface area contributed by atoms with Crippen LogP contribution < -0.4 is 10.5 Å². The number of hydrogen-bond donors (Lipinski definition) is 2. The van der Waals surface area contributed by atoms with Crippen LogP contribution in [0.5, 0.6) is 0 Å². The maximum Gasteiger partial charge on any atom is 0.274 e. The van der Waals surface area contributed by atoms with Gasteiger partial charge >= 0.3 is 0 Å². The van der Waals surface area contributed by atoms with Crippen LogP contribution in [0.2, 0.25) is 0 Å². The molecule has 90 valence electrons. The van der Waals surface area contributed by atoms with E-state index in [0.717, 1.165) is 12.8 Å². The largest absolute Gasteiger partial charge is 0.452 e. The maximum atomic E-state index is 11.9. The highest BCUT2D eigenvalue weighted by Crippen LogP contribution is 2.39. The molecule has 0 amide bonds. The molecule has 1 aliphatic carbocycles. The SMILES string of the molecule is CC(CN)(NS(=O)(=O)c1ccco1)C1CC1. The normalized spacial score (nSPS) is 20.6. The van der Waals surface area contributed by atoms with Gasteiger partial charge in [-0.1, -0.05) is 0 Å². The first-order valence-electron chi connectivity index (χ1n) is 5.25. The van der Waals surface area contributed by atoms with Crippen LogP contribution in [0.3, 0.4) is 0 Å². The fourth-order valence-corrected chi connectivity index (χ4v) is 3.19. The number of sulfonamides is 1. The van der Waals surface area contributed by atoms with E-state index in [1.165, 1.54) is 12.3 Å². The first-order chi connectivity index (χ1) is 7.48. The summed E-state index contributed by atoms with van der Waals surface area (Å²) in [6.07, 6.45) is 3.38. The highest BCUT2D eigenvalue weighted by Gasteiger charge is 2.43. The molecule has 5 nitrogen and oxygen atoms in total. The topological polar surface area (TPSA) is 85.3 Å². The summed E-state index contributed by atoms with van der Waals surface area (Å²) in [5.41, 5.74) is 5.09. The van der Waals surface area contributed by atoms with Gasteiger partial charge in [0.1, 0.15) is 0 Å². The van der Waals surface area contributed by atoms with Gasteiger partial charge < -0.3 is 10.2 Å². The smallest absolute Gasteiger partial charge is 0.274 e. The first kappa shape index (κ1) is 11.6. The lowest BCUT2D eigenvalue weighted by molar-refractivity contribution is 0.364. The Kier molecular flexibility index (Phi) is 2.81. The van der Waals surface area contributed by atoms with Crippen LogP contribution in [-0.2, 0) is 10.0 Å². The highest BCUT2D eigenvalue weighted by atomic mass is 32.2. The van der Waals surface area contributed by atoms with Gasteiger partial charge in [-0.25, -0.2) is 13.1 Å². The molecule has 1 saturated carbocycles. The van der Waals surface area contributed by atoms with Crippen molar-refractivity contribution in [3.63, 3.8) is 0 Å². The molecule has 0 aromatic carbocycles. The van der Waals surface area contributed by atoms with Crippen LogP contribution in [0, 0.1) is 5.92 Å². The van der Waals surface area contributed by atoms with Crippen LogP contribution >= 0.6 is 0 Å². The lowest BCUT2D eigenvalue weighted by Gasteiger charge is -2.28. The van der Waals surface area contributed by atoms with Crippen molar-refractivity contribution in [1.82, 2.24) is 4.72 Å². The Balaban J connectivity index is 2.20. The summed E-state index contributed by atoms with van der Waals surface area (Å²) in [6.45, 7) is 2.13. The third-order valence-electron chi connectivity index (χ3n) is 3.03. The van der Waals surface area contributed by atoms with Crippen molar-refractivity contribution >= 4 is 10.0 Å². The molecule has 1 fully saturated rings. The molecule has 1 aliphatic rings. The molecule has 0 saturated heterocycles. The molecule has 6 heteroatoms. The molecule has 3 N–H and O–H groups in total. The minimum absolute atomic E-state index is 0.0622. The third-order valence-corrected chi connectivity index (χ3v) is 4.53. The molecule has 1 unspecified atom stereocenters. The van der Waals surface area contributed by atoms with Crippen LogP contribution in [0.4, 0.5) is 0 Å². The molecular formula is C10H16N2O3S. The Hall–Kier alpha value is -0.850. The molecule has 1 heterocycles. The first-order valence-corrected chi connectivity index (χ1v) is 6.74. The van der Waals surface area contributed by atoms with E-state index in [4.69, 9.17) is 10.2 Å². The predicted molar refractivity (Wildman–Crippen MR) is 59.2 cm³/mol. The minimum Gasteiger partial charge on any atom is -0.452 e. The Bertz CT molecular complexity index is 450. The summed E-state index contributed by atoms with van der Waals surface area (Å²) in [5, 5.41) is -0.0622. The number of furan rings is 1. The zero-order valence-corrected chi connectivity index (χ0v) is 9.96. The monoisotopic (exact) mass is 244 g/mol. The molecule has 16 heavy (non-hydrogen) atoms. The van der Waals surface area contributed by atoms with Gasteiger partial charge in [0.15, 0.2) is 0 Å². The molecule has 0 spiro atoms. The van der Waals surface area contributed by atoms with Crippen molar-refractivity contribution in [2.45, 2.75) is 30.4 Å². The van der Waals surface area contributed by atoms with Gasteiger partial charge in [0, 0.05) is 12.1 Å². The van der Waals surface area contributed by atoms with Crippen molar-refractivity contribution in [1.29, 1.82) is 0 Å². The Labute approximate surface area is 95.1 Å². The quantitative estimate of drug-likeness (QED) is 0.797. The number of rotatable bonds is 5. The fourth-order valence-electron chi connectivity index (χ4n) is 1.79. The Morgan fingerprint density at radius 1 is 1.62 bits per heavy atom. The van der Waals surface area contributed by atoms with Crippen molar-refractivity contribution in [2.24, 2.45) is 11.7 Å². The Morgan fingerprint density at radius 3 is 2.75 bits per heavy atom. The summed E-state index contributed by atoms with van der Waals surface area (Å²) in [5.74, 6) is 0.335. The number of hydrogen-bond acceptors (Lipinski definition) is 4. The highest BCUT2D eigenvalue weighted by molar-refractivity contribution is 7.89. The van der Waals surface area contributed by atoms with Crippen molar-refractivity contribution in [3.8, 4) is 0 Å². The van der Waals surface area contributed by atoms with Gasteiger partial charge in [-0.15, -0.1) is 0 Å². The van der Waals surface area contributed by atoms with Crippen LogP contribution in [0.25, 0.3) is 0 Å². The van der Waals surface area contributed by atoms with Gasteiger partial charge in [0.25, 0.3) is 10.0 Å². The molecule has 0 bridgehead atoms. The van der Waals surface area contributed by atoms with Gasteiger partial charge in [-0.05, 0) is 37.8 Å². The summed E-state index contributed by atoms with van der Waals surface area (Å²) >= 11 is 0. The van der Waals surface area contributed by atoms with E-state index < -0.39 is 15.6 Å². The number of nitrogens with two attached hydrogens (primary N) is 1. The van der Waals surface area contributed by atoms with Crippen molar-refractivity contribution in [3.05, 3.63) is 18.4 Å². The molecular weight excluding hydrogens is 228 g/mol. The second kappa shape index (κ2) is 3.87. The van der Waals surface area contributed by atoms with E-state index in [1.807, 2.05) is 6.92 Å². The molecule has 1 aromatic heterocycles. The van der Waals surface area contributed by atoms with Crippen LogP contribution in [0.15, 0.2) is 27.9 Å². The van der Waals surface area contributed by atoms with E-state index in [-0.39, 0.29) is 11.6 Å². The standard InChI is InChI=1S/C10H16N2O3S/c1-10(7-11,8-4-5-8)12-16(13,14)9-3-2-6-15-9/h2-3,6,8,12H,4-5,7,11H2,1H3. The average molecular weight is 244 g/mol. The van der Waals surface area contributed by atoms with E-state index in [2.05, 4.69) is 4.72 Å². The van der Waals surface area contributed by atoms with Crippen LogP contribution in [-0.4, -0.2) is 20.5 Å². The van der Waals surface area contributed by atoms with Crippen molar-refractivity contribution < 1.29 is 12.8 Å². The summed E-state index contributed by atoms with van der Waals surface area (Å²) in [7, 11) is -3.59. The van der Waals surface area contributed by atoms with E-state index in [9.17, 15) is 8.42 Å². The summed E-state index contributed by atoms with van der Waals surface area (Å²) in [4.78, 5) is 0. The molecule has 1 atom stereocenters. The van der Waals surface area contributed by atoms with Crippen LogP contribution in [0.1, 0.15) is 19.8 Å².